The third-order valence-corrected chi connectivity index (χ3v) is 6.36. The summed E-state index contributed by atoms with van der Waals surface area (Å²) in [6.45, 7) is 5.63. The largest absolute Gasteiger partial charge is 0.381 e. The maximum atomic E-state index is 12.9. The van der Waals surface area contributed by atoms with Gasteiger partial charge in [-0.15, -0.1) is 11.3 Å². The molecule has 0 saturated carbocycles. The summed E-state index contributed by atoms with van der Waals surface area (Å²) in [4.78, 5) is 16.2. The zero-order chi connectivity index (χ0) is 18.5. The van der Waals surface area contributed by atoms with E-state index in [1.807, 2.05) is 41.8 Å². The van der Waals surface area contributed by atoms with E-state index in [9.17, 15) is 4.79 Å². The Kier molecular flexibility index (Phi) is 6.19. The van der Waals surface area contributed by atoms with Gasteiger partial charge >= 0.3 is 0 Å². The average molecular weight is 387 g/mol. The summed E-state index contributed by atoms with van der Waals surface area (Å²) < 4.78 is 11.1. The van der Waals surface area contributed by atoms with Crippen molar-refractivity contribution in [1.82, 2.24) is 10.2 Å². The van der Waals surface area contributed by atoms with Gasteiger partial charge in [-0.05, 0) is 23.4 Å². The number of rotatable bonds is 6. The van der Waals surface area contributed by atoms with Crippen LogP contribution in [-0.4, -0.2) is 62.9 Å². The van der Waals surface area contributed by atoms with Crippen LogP contribution in [-0.2, 0) is 9.47 Å². The topological polar surface area (TPSA) is 50.8 Å². The lowest BCUT2D eigenvalue weighted by Gasteiger charge is -2.37. The summed E-state index contributed by atoms with van der Waals surface area (Å²) >= 11 is 1.50. The number of nitrogens with zero attached hydrogens (tertiary/aromatic N) is 1. The SMILES string of the molecule is O=C(NCC(C1CCOC1)N1CCOCC1)c1sccc1-c1ccccc1. The fraction of sp³-hybridized carbons (Fsp3) is 0.476. The Bertz CT molecular complexity index is 737. The molecule has 0 radical (unpaired) electrons. The van der Waals surface area contributed by atoms with E-state index in [2.05, 4.69) is 10.2 Å². The summed E-state index contributed by atoms with van der Waals surface area (Å²) in [7, 11) is 0. The summed E-state index contributed by atoms with van der Waals surface area (Å²) in [5.74, 6) is 0.487. The second-order valence-electron chi connectivity index (χ2n) is 7.08. The standard InChI is InChI=1S/C21H26N2O3S/c24-21(20-18(7-13-27-20)16-4-2-1-3-5-16)22-14-19(17-6-10-26-15-17)23-8-11-25-12-9-23/h1-5,7,13,17,19H,6,8-12,14-15H2,(H,22,24). The number of hydrogen-bond donors (Lipinski definition) is 1. The van der Waals surface area contributed by atoms with Gasteiger partial charge < -0.3 is 14.8 Å². The quantitative estimate of drug-likeness (QED) is 0.829. The van der Waals surface area contributed by atoms with Crippen molar-refractivity contribution in [2.75, 3.05) is 46.1 Å². The van der Waals surface area contributed by atoms with E-state index >= 15 is 0 Å². The van der Waals surface area contributed by atoms with Crippen molar-refractivity contribution in [3.63, 3.8) is 0 Å². The smallest absolute Gasteiger partial charge is 0.262 e. The second-order valence-corrected chi connectivity index (χ2v) is 7.99. The Morgan fingerprint density at radius 1 is 1.15 bits per heavy atom. The molecule has 0 bridgehead atoms. The van der Waals surface area contributed by atoms with Crippen molar-refractivity contribution in [3.8, 4) is 11.1 Å². The molecule has 1 aromatic heterocycles. The fourth-order valence-corrected chi connectivity index (χ4v) is 4.80. The highest BCUT2D eigenvalue weighted by Crippen LogP contribution is 2.28. The van der Waals surface area contributed by atoms with Crippen LogP contribution in [0.15, 0.2) is 41.8 Å². The molecule has 2 atom stereocenters. The molecule has 2 fully saturated rings. The normalized spacial score (nSPS) is 21.9. The highest BCUT2D eigenvalue weighted by atomic mass is 32.1. The first-order valence-electron chi connectivity index (χ1n) is 9.63. The molecular formula is C21H26N2O3S. The predicted octanol–water partition coefficient (Wildman–Crippen LogP) is 2.88. The molecule has 27 heavy (non-hydrogen) atoms. The Labute approximate surface area is 164 Å². The number of carbonyl (C=O) groups excluding carboxylic acids is 1. The minimum absolute atomic E-state index is 0.0148. The van der Waals surface area contributed by atoms with Gasteiger partial charge in [0.2, 0.25) is 0 Å². The highest BCUT2D eigenvalue weighted by molar-refractivity contribution is 7.12. The number of thiophene rings is 1. The lowest BCUT2D eigenvalue weighted by Crippen LogP contribution is -2.52. The Morgan fingerprint density at radius 2 is 1.96 bits per heavy atom. The number of morpholine rings is 1. The number of carbonyl (C=O) groups is 1. The third-order valence-electron chi connectivity index (χ3n) is 5.45. The lowest BCUT2D eigenvalue weighted by molar-refractivity contribution is 0.00168. The number of benzene rings is 1. The molecule has 2 saturated heterocycles. The Morgan fingerprint density at radius 3 is 2.70 bits per heavy atom. The van der Waals surface area contributed by atoms with Gasteiger partial charge in [-0.2, -0.15) is 0 Å². The average Bonchev–Trinajstić information content (AvgIpc) is 3.42. The summed E-state index contributed by atoms with van der Waals surface area (Å²) in [5.41, 5.74) is 2.09. The predicted molar refractivity (Wildman–Crippen MR) is 107 cm³/mol. The van der Waals surface area contributed by atoms with Gasteiger partial charge in [0, 0.05) is 43.8 Å². The van der Waals surface area contributed by atoms with Crippen LogP contribution in [0.5, 0.6) is 0 Å². The molecule has 0 spiro atoms. The van der Waals surface area contributed by atoms with Crippen LogP contribution in [0.2, 0.25) is 0 Å². The molecule has 6 heteroatoms. The van der Waals surface area contributed by atoms with Crippen LogP contribution in [0.3, 0.4) is 0 Å². The van der Waals surface area contributed by atoms with Crippen molar-refractivity contribution in [1.29, 1.82) is 0 Å². The number of ether oxygens (including phenoxy) is 2. The molecule has 1 amide bonds. The molecule has 144 valence electrons. The summed E-state index contributed by atoms with van der Waals surface area (Å²) in [6, 6.07) is 12.4. The molecule has 0 aliphatic carbocycles. The van der Waals surface area contributed by atoms with Crippen LogP contribution in [0.25, 0.3) is 11.1 Å². The third kappa shape index (κ3) is 4.41. The van der Waals surface area contributed by atoms with E-state index < -0.39 is 0 Å². The highest BCUT2D eigenvalue weighted by Gasteiger charge is 2.32. The molecule has 2 aliphatic rings. The van der Waals surface area contributed by atoms with Crippen LogP contribution in [0, 0.1) is 5.92 Å². The zero-order valence-corrected chi connectivity index (χ0v) is 16.2. The van der Waals surface area contributed by atoms with Gasteiger partial charge in [-0.3, -0.25) is 9.69 Å². The molecule has 5 nitrogen and oxygen atoms in total. The lowest BCUT2D eigenvalue weighted by atomic mass is 9.96. The van der Waals surface area contributed by atoms with Crippen LogP contribution in [0.4, 0.5) is 0 Å². The van der Waals surface area contributed by atoms with E-state index in [0.717, 1.165) is 61.9 Å². The van der Waals surface area contributed by atoms with Crippen molar-refractivity contribution in [2.45, 2.75) is 12.5 Å². The molecule has 3 heterocycles. The molecule has 2 unspecified atom stereocenters. The first kappa shape index (κ1) is 18.6. The van der Waals surface area contributed by atoms with E-state index in [-0.39, 0.29) is 5.91 Å². The van der Waals surface area contributed by atoms with E-state index in [1.165, 1.54) is 11.3 Å². The summed E-state index contributed by atoms with van der Waals surface area (Å²) in [5, 5.41) is 5.19. The van der Waals surface area contributed by atoms with E-state index in [1.54, 1.807) is 0 Å². The van der Waals surface area contributed by atoms with E-state index in [4.69, 9.17) is 9.47 Å². The van der Waals surface area contributed by atoms with Crippen LogP contribution in [0.1, 0.15) is 16.1 Å². The minimum Gasteiger partial charge on any atom is -0.381 e. The first-order valence-corrected chi connectivity index (χ1v) is 10.5. The molecule has 4 rings (SSSR count). The van der Waals surface area contributed by atoms with Crippen molar-refractivity contribution in [3.05, 3.63) is 46.7 Å². The molecule has 2 aliphatic heterocycles. The van der Waals surface area contributed by atoms with Crippen LogP contribution >= 0.6 is 11.3 Å². The van der Waals surface area contributed by atoms with Gasteiger partial charge in [-0.25, -0.2) is 0 Å². The van der Waals surface area contributed by atoms with Crippen molar-refractivity contribution >= 4 is 17.2 Å². The molecular weight excluding hydrogens is 360 g/mol. The molecule has 2 aromatic rings. The maximum absolute atomic E-state index is 12.9. The van der Waals surface area contributed by atoms with Crippen molar-refractivity contribution in [2.24, 2.45) is 5.92 Å². The number of nitrogens with one attached hydrogen (secondary N) is 1. The molecule has 1 aromatic carbocycles. The Balaban J connectivity index is 1.45. The zero-order valence-electron chi connectivity index (χ0n) is 15.4. The van der Waals surface area contributed by atoms with Gasteiger partial charge in [-0.1, -0.05) is 30.3 Å². The monoisotopic (exact) mass is 386 g/mol. The van der Waals surface area contributed by atoms with E-state index in [0.29, 0.717) is 18.5 Å². The maximum Gasteiger partial charge on any atom is 0.262 e. The number of hydrogen-bond acceptors (Lipinski definition) is 5. The fourth-order valence-electron chi connectivity index (χ4n) is 3.97. The number of amides is 1. The second kappa shape index (κ2) is 8.97. The summed E-state index contributed by atoms with van der Waals surface area (Å²) in [6.07, 6.45) is 1.06. The van der Waals surface area contributed by atoms with Crippen molar-refractivity contribution < 1.29 is 14.3 Å². The first-order chi connectivity index (χ1) is 13.3. The molecule has 1 N–H and O–H groups in total. The van der Waals surface area contributed by atoms with Gasteiger partial charge in [0.15, 0.2) is 0 Å². The minimum atomic E-state index is 0.0148. The van der Waals surface area contributed by atoms with Crippen LogP contribution < -0.4 is 5.32 Å². The van der Waals surface area contributed by atoms with Gasteiger partial charge in [0.25, 0.3) is 5.91 Å². The Hall–Kier alpha value is -1.73. The van der Waals surface area contributed by atoms with Gasteiger partial charge in [0.05, 0.1) is 24.7 Å². The van der Waals surface area contributed by atoms with Gasteiger partial charge in [0.1, 0.15) is 0 Å².